The van der Waals surface area contributed by atoms with Crippen molar-refractivity contribution in [3.63, 3.8) is 0 Å². The van der Waals surface area contributed by atoms with Crippen molar-refractivity contribution < 1.29 is 23.1 Å². The van der Waals surface area contributed by atoms with E-state index < -0.39 is 29.6 Å². The molecule has 0 N–H and O–H groups in total. The Morgan fingerprint density at radius 1 is 1.32 bits per heavy atom. The van der Waals surface area contributed by atoms with E-state index in [9.17, 15) is 18.4 Å². The molecular weight excluding hydrogens is 292 g/mol. The van der Waals surface area contributed by atoms with Gasteiger partial charge < -0.3 is 9.64 Å². The predicted molar refractivity (Wildman–Crippen MR) is 76.2 cm³/mol. The number of carbonyl (C=O) groups is 2. The first-order chi connectivity index (χ1) is 10.4. The lowest BCUT2D eigenvalue weighted by molar-refractivity contribution is -0.144. The Morgan fingerprint density at radius 3 is 2.55 bits per heavy atom. The van der Waals surface area contributed by atoms with E-state index in [1.54, 1.807) is 6.92 Å². The molecule has 4 nitrogen and oxygen atoms in total. The maximum absolute atomic E-state index is 14.1. The van der Waals surface area contributed by atoms with Crippen LogP contribution < -0.4 is 0 Å². The van der Waals surface area contributed by atoms with E-state index in [0.29, 0.717) is 6.54 Å². The number of benzene rings is 1. The average Bonchev–Trinajstić information content (AvgIpc) is 2.69. The van der Waals surface area contributed by atoms with Crippen molar-refractivity contribution >= 4 is 11.9 Å². The Balaban J connectivity index is 2.44. The number of halogens is 2. The largest absolute Gasteiger partial charge is 0.466 e. The number of nitrogens with zero attached hydrogens (tertiary/aromatic N) is 1. The van der Waals surface area contributed by atoms with E-state index in [4.69, 9.17) is 4.74 Å². The highest BCUT2D eigenvalue weighted by molar-refractivity contribution is 6.00. The molecule has 0 saturated heterocycles. The molecule has 1 aromatic carbocycles. The van der Waals surface area contributed by atoms with Gasteiger partial charge in [0, 0.05) is 12.1 Å². The Kier molecular flexibility index (Phi) is 4.78. The lowest BCUT2D eigenvalue weighted by Crippen LogP contribution is -2.33. The number of hydrogen-bond donors (Lipinski definition) is 0. The summed E-state index contributed by atoms with van der Waals surface area (Å²) >= 11 is 0. The van der Waals surface area contributed by atoms with Crippen LogP contribution in [0, 0.1) is 17.6 Å². The molecule has 0 saturated carbocycles. The first-order valence-electron chi connectivity index (χ1n) is 7.31. The van der Waals surface area contributed by atoms with Gasteiger partial charge in [-0.1, -0.05) is 13.8 Å². The molecule has 1 aromatic rings. The molecule has 1 aliphatic heterocycles. The minimum atomic E-state index is -0.820. The zero-order valence-electron chi connectivity index (χ0n) is 12.9. The second-order valence-electron chi connectivity index (χ2n) is 5.69. The number of carbonyl (C=O) groups excluding carboxylic acids is 2. The third kappa shape index (κ3) is 2.96. The second kappa shape index (κ2) is 6.42. The quantitative estimate of drug-likeness (QED) is 0.785. The van der Waals surface area contributed by atoms with Crippen LogP contribution in [-0.4, -0.2) is 29.9 Å². The molecule has 0 aromatic heterocycles. The Hall–Kier alpha value is -1.98. The second-order valence-corrected chi connectivity index (χ2v) is 5.69. The third-order valence-corrected chi connectivity index (χ3v) is 3.55. The van der Waals surface area contributed by atoms with Crippen molar-refractivity contribution in [1.29, 1.82) is 0 Å². The molecule has 120 valence electrons. The summed E-state index contributed by atoms with van der Waals surface area (Å²) < 4.78 is 33.0. The minimum absolute atomic E-state index is 0.0429. The van der Waals surface area contributed by atoms with Gasteiger partial charge in [-0.25, -0.2) is 8.78 Å². The number of fused-ring (bicyclic) bond motifs is 1. The highest BCUT2D eigenvalue weighted by Gasteiger charge is 2.42. The molecule has 6 heteroatoms. The molecule has 0 radical (unpaired) electrons. The van der Waals surface area contributed by atoms with Crippen LogP contribution in [0.3, 0.4) is 0 Å². The topological polar surface area (TPSA) is 46.6 Å². The SMILES string of the molecule is CCOC(=O)CC1c2c(F)ccc(F)c2C(=O)N1CC(C)C. The lowest BCUT2D eigenvalue weighted by atomic mass is 10.0. The molecule has 1 unspecified atom stereocenters. The summed E-state index contributed by atoms with van der Waals surface area (Å²) in [5.74, 6) is -2.44. The standard InChI is InChI=1S/C16H19F2NO3/c1-4-22-13(20)7-12-14-10(17)5-6-11(18)15(14)16(21)19(12)8-9(2)3/h5-6,9,12H,4,7-8H2,1-3H3. The van der Waals surface area contributed by atoms with Gasteiger partial charge >= 0.3 is 5.97 Å². The maximum atomic E-state index is 14.1. The Labute approximate surface area is 128 Å². The molecule has 1 atom stereocenters. The van der Waals surface area contributed by atoms with Gasteiger partial charge in [-0.2, -0.15) is 0 Å². The van der Waals surface area contributed by atoms with Crippen LogP contribution in [0.25, 0.3) is 0 Å². The van der Waals surface area contributed by atoms with Gasteiger partial charge in [0.05, 0.1) is 24.6 Å². The van der Waals surface area contributed by atoms with Gasteiger partial charge in [-0.15, -0.1) is 0 Å². The first kappa shape index (κ1) is 16.4. The predicted octanol–water partition coefficient (Wildman–Crippen LogP) is 3.07. The summed E-state index contributed by atoms with van der Waals surface area (Å²) in [6, 6.07) is 1.10. The molecule has 1 heterocycles. The van der Waals surface area contributed by atoms with Gasteiger partial charge in [-0.05, 0) is 25.0 Å². The lowest BCUT2D eigenvalue weighted by Gasteiger charge is -2.26. The van der Waals surface area contributed by atoms with E-state index >= 15 is 0 Å². The van der Waals surface area contributed by atoms with Crippen LogP contribution in [0.2, 0.25) is 0 Å². The summed E-state index contributed by atoms with van der Waals surface area (Å²) in [4.78, 5) is 25.5. The van der Waals surface area contributed by atoms with Crippen LogP contribution in [0.5, 0.6) is 0 Å². The fourth-order valence-electron chi connectivity index (χ4n) is 2.75. The van der Waals surface area contributed by atoms with Crippen LogP contribution >= 0.6 is 0 Å². The molecule has 0 aliphatic carbocycles. The van der Waals surface area contributed by atoms with E-state index in [2.05, 4.69) is 0 Å². The smallest absolute Gasteiger partial charge is 0.308 e. The van der Waals surface area contributed by atoms with Gasteiger partial charge in [0.25, 0.3) is 5.91 Å². The Morgan fingerprint density at radius 2 is 1.95 bits per heavy atom. The highest BCUT2D eigenvalue weighted by Crippen LogP contribution is 2.39. The van der Waals surface area contributed by atoms with E-state index in [-0.39, 0.29) is 30.1 Å². The molecular formula is C16H19F2NO3. The number of esters is 1. The normalized spacial score (nSPS) is 17.1. The molecule has 0 spiro atoms. The summed E-state index contributed by atoms with van der Waals surface area (Å²) in [5.41, 5.74) is -0.311. The van der Waals surface area contributed by atoms with Gasteiger partial charge in [0.1, 0.15) is 11.6 Å². The van der Waals surface area contributed by atoms with E-state index in [0.717, 1.165) is 12.1 Å². The van der Waals surface area contributed by atoms with Gasteiger partial charge in [0.2, 0.25) is 0 Å². The van der Waals surface area contributed by atoms with Crippen molar-refractivity contribution in [3.05, 3.63) is 34.9 Å². The molecule has 22 heavy (non-hydrogen) atoms. The Bertz CT molecular complexity index is 601. The van der Waals surface area contributed by atoms with Crippen molar-refractivity contribution in [2.45, 2.75) is 33.2 Å². The van der Waals surface area contributed by atoms with E-state index in [1.807, 2.05) is 13.8 Å². The molecule has 2 rings (SSSR count). The fourth-order valence-corrected chi connectivity index (χ4v) is 2.75. The number of ether oxygens (including phenoxy) is 1. The summed E-state index contributed by atoms with van der Waals surface area (Å²) in [5, 5.41) is 0. The fraction of sp³-hybridized carbons (Fsp3) is 0.500. The van der Waals surface area contributed by atoms with Crippen LogP contribution in [0.1, 0.15) is 49.2 Å². The van der Waals surface area contributed by atoms with Crippen molar-refractivity contribution in [2.75, 3.05) is 13.2 Å². The molecule has 1 amide bonds. The number of hydrogen-bond acceptors (Lipinski definition) is 3. The zero-order valence-corrected chi connectivity index (χ0v) is 12.9. The van der Waals surface area contributed by atoms with Crippen molar-refractivity contribution in [2.24, 2.45) is 5.92 Å². The highest BCUT2D eigenvalue weighted by atomic mass is 19.1. The first-order valence-corrected chi connectivity index (χ1v) is 7.31. The van der Waals surface area contributed by atoms with Crippen LogP contribution in [0.15, 0.2) is 12.1 Å². The van der Waals surface area contributed by atoms with Crippen LogP contribution in [0.4, 0.5) is 8.78 Å². The third-order valence-electron chi connectivity index (χ3n) is 3.55. The van der Waals surface area contributed by atoms with Crippen molar-refractivity contribution in [1.82, 2.24) is 4.90 Å². The number of amides is 1. The molecule has 0 bridgehead atoms. The summed E-state index contributed by atoms with van der Waals surface area (Å²) in [7, 11) is 0. The van der Waals surface area contributed by atoms with Crippen LogP contribution in [-0.2, 0) is 9.53 Å². The minimum Gasteiger partial charge on any atom is -0.466 e. The molecule has 0 fully saturated rings. The number of rotatable bonds is 5. The summed E-state index contributed by atoms with van der Waals surface area (Å²) in [6.45, 7) is 5.96. The monoisotopic (exact) mass is 311 g/mol. The average molecular weight is 311 g/mol. The summed E-state index contributed by atoms with van der Waals surface area (Å²) in [6.07, 6.45) is -0.181. The molecule has 1 aliphatic rings. The maximum Gasteiger partial charge on any atom is 0.308 e. The van der Waals surface area contributed by atoms with Gasteiger partial charge in [-0.3, -0.25) is 9.59 Å². The van der Waals surface area contributed by atoms with Crippen molar-refractivity contribution in [3.8, 4) is 0 Å². The zero-order chi connectivity index (χ0) is 16.4. The van der Waals surface area contributed by atoms with E-state index in [1.165, 1.54) is 4.90 Å². The van der Waals surface area contributed by atoms with Gasteiger partial charge in [0.15, 0.2) is 0 Å².